The van der Waals surface area contributed by atoms with Gasteiger partial charge in [-0.15, -0.1) is 6.42 Å². The first-order valence-electron chi connectivity index (χ1n) is 10.8. The van der Waals surface area contributed by atoms with Gasteiger partial charge in [0, 0.05) is 23.2 Å². The Hall–Kier alpha value is -3.33. The zero-order valence-electron chi connectivity index (χ0n) is 20.2. The Kier molecular flexibility index (Phi) is 7.55. The summed E-state index contributed by atoms with van der Waals surface area (Å²) in [4.78, 5) is 25.2. The van der Waals surface area contributed by atoms with Gasteiger partial charge in [0.1, 0.15) is 5.69 Å². The van der Waals surface area contributed by atoms with Crippen LogP contribution < -0.4 is 15.8 Å². The van der Waals surface area contributed by atoms with Crippen molar-refractivity contribution in [3.8, 4) is 18.2 Å². The van der Waals surface area contributed by atoms with Gasteiger partial charge in [0.05, 0.1) is 22.2 Å². The molecule has 0 spiro atoms. The van der Waals surface area contributed by atoms with Gasteiger partial charge in [-0.3, -0.25) is 9.79 Å². The number of thioether (sulfide) groups is 1. The highest BCUT2D eigenvalue weighted by molar-refractivity contribution is 8.15. The van der Waals surface area contributed by atoms with Crippen LogP contribution in [-0.4, -0.2) is 38.3 Å². The smallest absolute Gasteiger partial charge is 0.276 e. The molecule has 1 aromatic carbocycles. The Morgan fingerprint density at radius 1 is 1.33 bits per heavy atom. The lowest BCUT2D eigenvalue weighted by Crippen LogP contribution is -2.52. The molecule has 0 saturated carbocycles. The van der Waals surface area contributed by atoms with Crippen LogP contribution in [0.4, 0.5) is 23.2 Å². The number of nitrogens with two attached hydrogens (primary N) is 1. The van der Waals surface area contributed by atoms with Crippen LogP contribution in [0.3, 0.4) is 0 Å². The largest absolute Gasteiger partial charge is 0.460 e. The van der Waals surface area contributed by atoms with Gasteiger partial charge in [0.25, 0.3) is 12.3 Å². The summed E-state index contributed by atoms with van der Waals surface area (Å²) in [5, 5.41) is 2.27. The molecule has 3 rings (SSSR count). The lowest BCUT2D eigenvalue weighted by Gasteiger charge is -2.46. The molecule has 1 aliphatic heterocycles. The summed E-state index contributed by atoms with van der Waals surface area (Å²) >= 11 is 0.687. The minimum Gasteiger partial charge on any atom is -0.460 e. The number of hydrogen-bond acceptors (Lipinski definition) is 7. The van der Waals surface area contributed by atoms with Crippen LogP contribution in [0.5, 0.6) is 5.88 Å². The number of nitrogens with zero attached hydrogens (tertiary/aromatic N) is 3. The first-order chi connectivity index (χ1) is 16.7. The average Bonchev–Trinajstić information content (AvgIpc) is 2.79. The van der Waals surface area contributed by atoms with Gasteiger partial charge in [0.15, 0.2) is 22.9 Å². The first-order valence-corrected chi connectivity index (χ1v) is 11.6. The van der Waals surface area contributed by atoms with Crippen molar-refractivity contribution < 1.29 is 27.1 Å². The molecular weight excluding hydrogens is 498 g/mol. The standard InChI is InChI=1S/C24H25F4N5O2S/c1-7-11(2)35-17-10-30-19(12(3)31-17)20(34)32-14-8-15(18(26)16(25)9-14)23(5)13(4)24(6,21(27)28)36-22(29)33-23/h1,8-11,13,21H,2-6H3,(H2,29,33)(H,32,34)/t11-,13-,23-,24-/m0/s1. The second-order valence-corrected chi connectivity index (χ2v) is 10.3. The Labute approximate surface area is 210 Å². The van der Waals surface area contributed by atoms with Crippen LogP contribution >= 0.6 is 11.8 Å². The summed E-state index contributed by atoms with van der Waals surface area (Å²) in [6.45, 7) is 7.32. The fraction of sp³-hybridized carbons (Fsp3) is 0.417. The summed E-state index contributed by atoms with van der Waals surface area (Å²) < 4.78 is 61.3. The summed E-state index contributed by atoms with van der Waals surface area (Å²) in [5.74, 6) is -1.81. The maximum Gasteiger partial charge on any atom is 0.276 e. The number of terminal acetylenes is 1. The van der Waals surface area contributed by atoms with Gasteiger partial charge in [0.2, 0.25) is 5.88 Å². The average molecular weight is 524 g/mol. The van der Waals surface area contributed by atoms with Crippen LogP contribution in [0.2, 0.25) is 0 Å². The highest BCUT2D eigenvalue weighted by Crippen LogP contribution is 2.53. The van der Waals surface area contributed by atoms with Crippen LogP contribution in [0, 0.1) is 36.8 Å². The highest BCUT2D eigenvalue weighted by atomic mass is 32.2. The molecule has 0 saturated heterocycles. The Morgan fingerprint density at radius 2 is 2.00 bits per heavy atom. The Balaban J connectivity index is 1.98. The van der Waals surface area contributed by atoms with Gasteiger partial charge in [-0.25, -0.2) is 27.5 Å². The molecule has 192 valence electrons. The van der Waals surface area contributed by atoms with Gasteiger partial charge in [-0.05, 0) is 33.8 Å². The molecule has 4 atom stereocenters. The number of rotatable bonds is 6. The van der Waals surface area contributed by atoms with E-state index in [4.69, 9.17) is 16.9 Å². The molecule has 12 heteroatoms. The third-order valence-electron chi connectivity index (χ3n) is 6.31. The number of benzene rings is 1. The van der Waals surface area contributed by atoms with E-state index in [9.17, 15) is 18.0 Å². The number of halogens is 4. The van der Waals surface area contributed by atoms with Crippen molar-refractivity contribution in [2.45, 2.75) is 57.4 Å². The Bertz CT molecular complexity index is 1270. The minimum absolute atomic E-state index is 0.0943. The molecule has 7 nitrogen and oxygen atoms in total. The van der Waals surface area contributed by atoms with E-state index >= 15 is 4.39 Å². The maximum atomic E-state index is 15.0. The molecular formula is C24H25F4N5O2S. The van der Waals surface area contributed by atoms with E-state index in [2.05, 4.69) is 26.2 Å². The SMILES string of the molecule is C#C[C@H](C)Oc1cnc(C(=O)Nc2cc(F)c(F)c([C@@]3(C)N=C(N)S[C@](C)(C(F)F)[C@H]3C)c2)c(C)n1. The number of aromatic nitrogens is 2. The fourth-order valence-corrected chi connectivity index (χ4v) is 5.10. The Morgan fingerprint density at radius 3 is 2.58 bits per heavy atom. The summed E-state index contributed by atoms with van der Waals surface area (Å²) in [7, 11) is 0. The predicted molar refractivity (Wildman–Crippen MR) is 130 cm³/mol. The molecule has 0 bridgehead atoms. The second kappa shape index (κ2) is 9.97. The van der Waals surface area contributed by atoms with Gasteiger partial charge < -0.3 is 15.8 Å². The highest BCUT2D eigenvalue weighted by Gasteiger charge is 2.54. The molecule has 0 fully saturated rings. The van der Waals surface area contributed by atoms with E-state index in [1.165, 1.54) is 33.9 Å². The molecule has 1 amide bonds. The zero-order valence-corrected chi connectivity index (χ0v) is 21.0. The second-order valence-electron chi connectivity index (χ2n) is 8.75. The number of alkyl halides is 2. The van der Waals surface area contributed by atoms with Crippen LogP contribution in [0.1, 0.15) is 49.4 Å². The normalized spacial score (nSPS) is 24.6. The van der Waals surface area contributed by atoms with Gasteiger partial charge in [-0.2, -0.15) is 0 Å². The van der Waals surface area contributed by atoms with Crippen molar-refractivity contribution in [1.29, 1.82) is 0 Å². The maximum absolute atomic E-state index is 15.0. The molecule has 3 N–H and O–H groups in total. The van der Waals surface area contributed by atoms with E-state index in [-0.39, 0.29) is 33.7 Å². The number of aliphatic imine (C=N–C) groups is 1. The van der Waals surface area contributed by atoms with Crippen molar-refractivity contribution >= 4 is 28.5 Å². The van der Waals surface area contributed by atoms with E-state index in [1.54, 1.807) is 6.92 Å². The fourth-order valence-electron chi connectivity index (χ4n) is 3.92. The van der Waals surface area contributed by atoms with E-state index in [0.717, 1.165) is 12.1 Å². The number of amidine groups is 1. The number of anilines is 1. The van der Waals surface area contributed by atoms with Crippen molar-refractivity contribution in [3.63, 3.8) is 0 Å². The van der Waals surface area contributed by atoms with Gasteiger partial charge >= 0.3 is 0 Å². The number of carbonyl (C=O) groups is 1. The predicted octanol–water partition coefficient (Wildman–Crippen LogP) is 4.65. The number of ether oxygens (including phenoxy) is 1. The van der Waals surface area contributed by atoms with E-state index in [0.29, 0.717) is 11.8 Å². The third-order valence-corrected chi connectivity index (χ3v) is 7.58. The molecule has 0 aliphatic carbocycles. The summed E-state index contributed by atoms with van der Waals surface area (Å²) in [5.41, 5.74) is 3.84. The number of aryl methyl sites for hydroxylation is 1. The molecule has 0 unspecified atom stereocenters. The zero-order chi connectivity index (χ0) is 27.0. The summed E-state index contributed by atoms with van der Waals surface area (Å²) in [6.07, 6.45) is 3.09. The number of carbonyl (C=O) groups excluding carboxylic acids is 1. The lowest BCUT2D eigenvalue weighted by atomic mass is 9.73. The molecule has 2 aromatic rings. The molecule has 0 radical (unpaired) electrons. The van der Waals surface area contributed by atoms with Crippen molar-refractivity contribution in [1.82, 2.24) is 9.97 Å². The quantitative estimate of drug-likeness (QED) is 0.422. The minimum atomic E-state index is -2.82. The molecule has 2 heterocycles. The van der Waals surface area contributed by atoms with Crippen molar-refractivity contribution in [2.75, 3.05) is 5.32 Å². The molecule has 1 aromatic heterocycles. The first kappa shape index (κ1) is 27.3. The van der Waals surface area contributed by atoms with Crippen molar-refractivity contribution in [3.05, 3.63) is 46.9 Å². The topological polar surface area (TPSA) is 102 Å². The van der Waals surface area contributed by atoms with Gasteiger partial charge in [-0.1, -0.05) is 24.6 Å². The molecule has 1 aliphatic rings. The lowest BCUT2D eigenvalue weighted by molar-refractivity contribution is 0.0571. The van der Waals surface area contributed by atoms with E-state index in [1.807, 2.05) is 0 Å². The van der Waals surface area contributed by atoms with Crippen molar-refractivity contribution in [2.24, 2.45) is 16.6 Å². The van der Waals surface area contributed by atoms with Crippen LogP contribution in [-0.2, 0) is 5.54 Å². The monoisotopic (exact) mass is 523 g/mol. The van der Waals surface area contributed by atoms with Crippen LogP contribution in [0.25, 0.3) is 0 Å². The van der Waals surface area contributed by atoms with E-state index < -0.39 is 46.3 Å². The molecule has 36 heavy (non-hydrogen) atoms. The summed E-state index contributed by atoms with van der Waals surface area (Å²) in [6, 6.07) is 1.93. The third kappa shape index (κ3) is 4.97. The number of nitrogens with one attached hydrogen (secondary N) is 1. The number of hydrogen-bond donors (Lipinski definition) is 2. The van der Waals surface area contributed by atoms with Crippen LogP contribution in [0.15, 0.2) is 23.3 Å². The number of amides is 1.